The molecule has 2 aliphatic rings. The fourth-order valence-corrected chi connectivity index (χ4v) is 2.00. The molecule has 3 nitrogen and oxygen atoms in total. The molecule has 1 saturated heterocycles. The van der Waals surface area contributed by atoms with Crippen molar-refractivity contribution in [2.45, 2.75) is 58.3 Å². The van der Waals surface area contributed by atoms with Gasteiger partial charge in [0.2, 0.25) is 0 Å². The topological polar surface area (TPSA) is 38.7 Å². The van der Waals surface area contributed by atoms with Gasteiger partial charge in [0.15, 0.2) is 0 Å². The van der Waals surface area contributed by atoms with E-state index in [2.05, 4.69) is 0 Å². The van der Waals surface area contributed by atoms with E-state index in [1.165, 1.54) is 0 Å². The summed E-state index contributed by atoms with van der Waals surface area (Å²) in [6, 6.07) is 0. The second-order valence-corrected chi connectivity index (χ2v) is 5.93. The fourth-order valence-electron chi connectivity index (χ4n) is 2.00. The van der Waals surface area contributed by atoms with Crippen molar-refractivity contribution < 1.29 is 14.4 Å². The maximum absolute atomic E-state index is 9.65. The lowest BCUT2D eigenvalue weighted by Gasteiger charge is -2.32. The van der Waals surface area contributed by atoms with Gasteiger partial charge in [-0.25, -0.2) is 0 Å². The zero-order valence-electron chi connectivity index (χ0n) is 11.3. The molecule has 0 bridgehead atoms. The second-order valence-electron chi connectivity index (χ2n) is 5.93. The molecule has 4 heteroatoms. The van der Waals surface area contributed by atoms with E-state index in [9.17, 15) is 5.11 Å². The Morgan fingerprint density at radius 3 is 2.24 bits per heavy atom. The normalized spacial score (nSPS) is 31.2. The van der Waals surface area contributed by atoms with Crippen molar-refractivity contribution in [3.05, 3.63) is 23.2 Å². The number of allylic oxidation sites excluding steroid dienone is 2. The smallest absolute Gasteiger partial charge is 0.399 e. The molecular weight excluding hydrogens is 215 g/mol. The van der Waals surface area contributed by atoms with Gasteiger partial charge in [-0.15, -0.1) is 0 Å². The highest BCUT2D eigenvalue weighted by molar-refractivity contribution is 6.55. The quantitative estimate of drug-likeness (QED) is 0.709. The van der Waals surface area contributed by atoms with Crippen LogP contribution in [0.2, 0.25) is 0 Å². The van der Waals surface area contributed by atoms with E-state index in [0.29, 0.717) is 6.42 Å². The monoisotopic (exact) mass is 236 g/mol. The molecule has 1 aliphatic carbocycles. The Kier molecular flexibility index (Phi) is 3.01. The molecule has 1 unspecified atom stereocenters. The van der Waals surface area contributed by atoms with E-state index in [1.54, 1.807) is 0 Å². The van der Waals surface area contributed by atoms with Crippen LogP contribution in [0.15, 0.2) is 23.2 Å². The van der Waals surface area contributed by atoms with Crippen LogP contribution in [0.3, 0.4) is 0 Å². The maximum atomic E-state index is 9.65. The van der Waals surface area contributed by atoms with Gasteiger partial charge in [-0.3, -0.25) is 0 Å². The first kappa shape index (κ1) is 12.9. The van der Waals surface area contributed by atoms with Crippen LogP contribution >= 0.6 is 0 Å². The first-order valence-corrected chi connectivity index (χ1v) is 6.15. The number of rotatable bonds is 1. The van der Waals surface area contributed by atoms with Crippen molar-refractivity contribution in [2.75, 3.05) is 0 Å². The molecule has 1 fully saturated rings. The van der Waals surface area contributed by atoms with Crippen molar-refractivity contribution in [3.63, 3.8) is 0 Å². The van der Waals surface area contributed by atoms with Crippen molar-refractivity contribution in [2.24, 2.45) is 0 Å². The van der Waals surface area contributed by atoms with Crippen molar-refractivity contribution >= 4 is 7.12 Å². The molecule has 1 atom stereocenters. The summed E-state index contributed by atoms with van der Waals surface area (Å²) >= 11 is 0. The van der Waals surface area contributed by atoms with Gasteiger partial charge in [-0.1, -0.05) is 12.2 Å². The van der Waals surface area contributed by atoms with Crippen molar-refractivity contribution in [1.82, 2.24) is 0 Å². The van der Waals surface area contributed by atoms with Crippen LogP contribution < -0.4 is 0 Å². The molecule has 0 aromatic carbocycles. The minimum atomic E-state index is -0.360. The average molecular weight is 236 g/mol. The highest BCUT2D eigenvalue weighted by atomic mass is 16.7. The molecule has 0 saturated carbocycles. The molecule has 17 heavy (non-hydrogen) atoms. The lowest BCUT2D eigenvalue weighted by atomic mass is 9.74. The fraction of sp³-hybridized carbons (Fsp3) is 0.692. The number of aliphatic hydroxyl groups excluding tert-OH is 1. The molecule has 0 radical (unpaired) electrons. The standard InChI is InChI=1S/C13H21BO3/c1-9-8-10(6-7-11(9)15)14-16-12(2,3)13(4,5)17-14/h6,8,11,15H,7H2,1-5H3. The predicted octanol–water partition coefficient (Wildman–Crippen LogP) is 2.26. The van der Waals surface area contributed by atoms with E-state index in [4.69, 9.17) is 9.31 Å². The van der Waals surface area contributed by atoms with E-state index < -0.39 is 0 Å². The lowest BCUT2D eigenvalue weighted by Crippen LogP contribution is -2.41. The summed E-state index contributed by atoms with van der Waals surface area (Å²) in [5.74, 6) is 0. The number of aliphatic hydroxyl groups is 1. The molecule has 94 valence electrons. The minimum Gasteiger partial charge on any atom is -0.399 e. The van der Waals surface area contributed by atoms with Gasteiger partial charge in [-0.2, -0.15) is 0 Å². The van der Waals surface area contributed by atoms with Gasteiger partial charge >= 0.3 is 7.12 Å². The highest BCUT2D eigenvalue weighted by Crippen LogP contribution is 2.39. The molecule has 0 spiro atoms. The van der Waals surface area contributed by atoms with Crippen molar-refractivity contribution in [3.8, 4) is 0 Å². The summed E-state index contributed by atoms with van der Waals surface area (Å²) in [6.45, 7) is 10.1. The Bertz CT molecular complexity index is 366. The van der Waals surface area contributed by atoms with Crippen LogP contribution in [0.5, 0.6) is 0 Å². The molecule has 0 amide bonds. The van der Waals surface area contributed by atoms with Crippen LogP contribution in [0.25, 0.3) is 0 Å². The van der Waals surface area contributed by atoms with Crippen molar-refractivity contribution in [1.29, 1.82) is 0 Å². The molecule has 0 aromatic rings. The van der Waals surface area contributed by atoms with Gasteiger partial charge in [0.25, 0.3) is 0 Å². The van der Waals surface area contributed by atoms with Gasteiger partial charge in [0, 0.05) is 0 Å². The Hall–Kier alpha value is -0.575. The van der Waals surface area contributed by atoms with E-state index in [1.807, 2.05) is 46.8 Å². The molecule has 2 rings (SSSR count). The maximum Gasteiger partial charge on any atom is 0.494 e. The Morgan fingerprint density at radius 1 is 1.24 bits per heavy atom. The van der Waals surface area contributed by atoms with E-state index in [0.717, 1.165) is 11.0 Å². The van der Waals surface area contributed by atoms with Gasteiger partial charge in [0.1, 0.15) is 0 Å². The Balaban J connectivity index is 2.18. The zero-order chi connectivity index (χ0) is 12.8. The van der Waals surface area contributed by atoms with Crippen LogP contribution in [-0.2, 0) is 9.31 Å². The Labute approximate surface area is 104 Å². The SMILES string of the molecule is CC1=CC(B2OC(C)(C)C(C)(C)O2)=CCC1O. The van der Waals surface area contributed by atoms with E-state index >= 15 is 0 Å². The summed E-state index contributed by atoms with van der Waals surface area (Å²) in [4.78, 5) is 0. The second kappa shape index (κ2) is 3.97. The third-order valence-corrected chi connectivity index (χ3v) is 4.02. The Morgan fingerprint density at radius 2 is 1.76 bits per heavy atom. The van der Waals surface area contributed by atoms with E-state index in [-0.39, 0.29) is 24.4 Å². The first-order chi connectivity index (χ1) is 7.73. The summed E-state index contributed by atoms with van der Waals surface area (Å²) in [7, 11) is -0.317. The first-order valence-electron chi connectivity index (χ1n) is 6.15. The zero-order valence-corrected chi connectivity index (χ0v) is 11.3. The molecule has 0 aromatic heterocycles. The van der Waals surface area contributed by atoms with Gasteiger partial charge in [-0.05, 0) is 52.1 Å². The highest BCUT2D eigenvalue weighted by Gasteiger charge is 2.52. The number of hydrogen-bond donors (Lipinski definition) is 1. The average Bonchev–Trinajstić information content (AvgIpc) is 2.41. The molecule has 1 aliphatic heterocycles. The van der Waals surface area contributed by atoms with Gasteiger partial charge < -0.3 is 14.4 Å². The summed E-state index contributed by atoms with van der Waals surface area (Å²) < 4.78 is 11.9. The van der Waals surface area contributed by atoms with Crippen LogP contribution in [-0.4, -0.2) is 29.5 Å². The third kappa shape index (κ3) is 2.22. The summed E-state index contributed by atoms with van der Waals surface area (Å²) in [6.07, 6.45) is 4.25. The lowest BCUT2D eigenvalue weighted by molar-refractivity contribution is 0.00578. The van der Waals surface area contributed by atoms with Gasteiger partial charge in [0.05, 0.1) is 17.3 Å². The molecular formula is C13H21BO3. The predicted molar refractivity (Wildman–Crippen MR) is 68.5 cm³/mol. The van der Waals surface area contributed by atoms with Crippen LogP contribution in [0.1, 0.15) is 41.0 Å². The summed E-state index contributed by atoms with van der Waals surface area (Å²) in [5.41, 5.74) is 1.37. The van der Waals surface area contributed by atoms with Crippen LogP contribution in [0.4, 0.5) is 0 Å². The van der Waals surface area contributed by atoms with Crippen LogP contribution in [0, 0.1) is 0 Å². The number of hydrogen-bond acceptors (Lipinski definition) is 3. The summed E-state index contributed by atoms with van der Waals surface area (Å²) in [5, 5.41) is 9.65. The molecule has 1 heterocycles. The molecule has 1 N–H and O–H groups in total. The largest absolute Gasteiger partial charge is 0.494 e. The minimum absolute atomic E-state index is 0.309. The third-order valence-electron chi connectivity index (χ3n) is 4.02.